The van der Waals surface area contributed by atoms with E-state index in [1.165, 1.54) is 11.3 Å². The van der Waals surface area contributed by atoms with Crippen molar-refractivity contribution in [3.63, 3.8) is 0 Å². The summed E-state index contributed by atoms with van der Waals surface area (Å²) in [6.07, 6.45) is 0. The molecule has 0 radical (unpaired) electrons. The maximum atomic E-state index is 3.50. The van der Waals surface area contributed by atoms with Crippen LogP contribution in [0.5, 0.6) is 0 Å². The van der Waals surface area contributed by atoms with Gasteiger partial charge in [-0.15, -0.1) is 0 Å². The number of hydrogen-bond acceptors (Lipinski definition) is 1. The second kappa shape index (κ2) is 4.83. The second-order valence-electron chi connectivity index (χ2n) is 4.19. The van der Waals surface area contributed by atoms with Crippen molar-refractivity contribution in [1.82, 2.24) is 0 Å². The molecular formula is C12H18BrN. The summed E-state index contributed by atoms with van der Waals surface area (Å²) < 4.78 is 1.15. The average Bonchev–Trinajstić information content (AvgIpc) is 2.07. The molecule has 78 valence electrons. The number of halogens is 1. The van der Waals surface area contributed by atoms with Crippen LogP contribution in [0.2, 0.25) is 0 Å². The Morgan fingerprint density at radius 2 is 1.79 bits per heavy atom. The van der Waals surface area contributed by atoms with Crippen molar-refractivity contribution in [2.75, 3.05) is 5.32 Å². The van der Waals surface area contributed by atoms with Crippen LogP contribution < -0.4 is 5.32 Å². The quantitative estimate of drug-likeness (QED) is 0.845. The van der Waals surface area contributed by atoms with Crippen LogP contribution in [0.1, 0.15) is 39.2 Å². The Bertz CT molecular complexity index is 305. The van der Waals surface area contributed by atoms with E-state index in [4.69, 9.17) is 0 Å². The molecule has 0 bridgehead atoms. The lowest BCUT2D eigenvalue weighted by atomic mass is 10.0. The normalized spacial score (nSPS) is 11.1. The molecule has 0 amide bonds. The van der Waals surface area contributed by atoms with Crippen molar-refractivity contribution < 1.29 is 0 Å². The summed E-state index contributed by atoms with van der Waals surface area (Å²) in [6, 6.07) is 6.89. The van der Waals surface area contributed by atoms with Gasteiger partial charge in [-0.05, 0) is 43.5 Å². The van der Waals surface area contributed by atoms with Crippen molar-refractivity contribution in [3.8, 4) is 0 Å². The Morgan fingerprint density at radius 3 is 2.29 bits per heavy atom. The van der Waals surface area contributed by atoms with Crippen LogP contribution >= 0.6 is 15.9 Å². The zero-order valence-electron chi connectivity index (χ0n) is 9.26. The second-order valence-corrected chi connectivity index (χ2v) is 5.10. The lowest BCUT2D eigenvalue weighted by Crippen LogP contribution is -2.11. The number of benzene rings is 1. The highest BCUT2D eigenvalue weighted by Gasteiger charge is 2.07. The molecule has 14 heavy (non-hydrogen) atoms. The lowest BCUT2D eigenvalue weighted by molar-refractivity contribution is 0.846. The standard InChI is InChI=1S/C12H18BrN/c1-8(2)11-7-10(13)5-6-12(11)14-9(3)4/h5-9,14H,1-4H3. The van der Waals surface area contributed by atoms with Gasteiger partial charge in [0, 0.05) is 16.2 Å². The molecule has 0 saturated heterocycles. The summed E-state index contributed by atoms with van der Waals surface area (Å²) in [7, 11) is 0. The van der Waals surface area contributed by atoms with E-state index in [2.05, 4.69) is 67.1 Å². The van der Waals surface area contributed by atoms with Gasteiger partial charge in [0.2, 0.25) is 0 Å². The van der Waals surface area contributed by atoms with Gasteiger partial charge in [0.1, 0.15) is 0 Å². The Kier molecular flexibility index (Phi) is 3.99. The molecule has 0 atom stereocenters. The van der Waals surface area contributed by atoms with E-state index in [1.807, 2.05) is 0 Å². The average molecular weight is 256 g/mol. The minimum Gasteiger partial charge on any atom is -0.383 e. The van der Waals surface area contributed by atoms with E-state index >= 15 is 0 Å². The van der Waals surface area contributed by atoms with E-state index in [0.29, 0.717) is 12.0 Å². The molecule has 1 aromatic carbocycles. The van der Waals surface area contributed by atoms with Crippen molar-refractivity contribution in [2.24, 2.45) is 0 Å². The fourth-order valence-corrected chi connectivity index (χ4v) is 1.83. The SMILES string of the molecule is CC(C)Nc1ccc(Br)cc1C(C)C. The zero-order valence-corrected chi connectivity index (χ0v) is 10.9. The fraction of sp³-hybridized carbons (Fsp3) is 0.500. The molecule has 0 unspecified atom stereocenters. The summed E-state index contributed by atoms with van der Waals surface area (Å²) in [4.78, 5) is 0. The van der Waals surface area contributed by atoms with Gasteiger partial charge in [0.15, 0.2) is 0 Å². The monoisotopic (exact) mass is 255 g/mol. The van der Waals surface area contributed by atoms with Crippen LogP contribution in [0.3, 0.4) is 0 Å². The first-order chi connectivity index (χ1) is 6.50. The van der Waals surface area contributed by atoms with Crippen LogP contribution in [-0.2, 0) is 0 Å². The highest BCUT2D eigenvalue weighted by Crippen LogP contribution is 2.27. The summed E-state index contributed by atoms with van der Waals surface area (Å²) >= 11 is 3.50. The molecule has 1 N–H and O–H groups in total. The van der Waals surface area contributed by atoms with Gasteiger partial charge in [-0.3, -0.25) is 0 Å². The first-order valence-electron chi connectivity index (χ1n) is 5.06. The predicted octanol–water partition coefficient (Wildman–Crippen LogP) is 4.39. The number of hydrogen-bond donors (Lipinski definition) is 1. The Balaban J connectivity index is 3.02. The Morgan fingerprint density at radius 1 is 1.14 bits per heavy atom. The highest BCUT2D eigenvalue weighted by molar-refractivity contribution is 9.10. The first-order valence-corrected chi connectivity index (χ1v) is 5.86. The maximum absolute atomic E-state index is 3.50. The van der Waals surface area contributed by atoms with Crippen LogP contribution in [0.15, 0.2) is 22.7 Å². The Labute approximate surface area is 95.0 Å². The largest absolute Gasteiger partial charge is 0.383 e. The van der Waals surface area contributed by atoms with Gasteiger partial charge in [-0.2, -0.15) is 0 Å². The molecule has 0 heterocycles. The minimum absolute atomic E-state index is 0.480. The third-order valence-electron chi connectivity index (χ3n) is 2.08. The third kappa shape index (κ3) is 3.02. The van der Waals surface area contributed by atoms with Crippen LogP contribution in [0.25, 0.3) is 0 Å². The van der Waals surface area contributed by atoms with Gasteiger partial charge in [-0.25, -0.2) is 0 Å². The summed E-state index contributed by atoms with van der Waals surface area (Å²) in [6.45, 7) is 8.75. The van der Waals surface area contributed by atoms with Crippen molar-refractivity contribution in [1.29, 1.82) is 0 Å². The number of anilines is 1. The van der Waals surface area contributed by atoms with Crippen molar-refractivity contribution in [2.45, 2.75) is 39.7 Å². The van der Waals surface area contributed by atoms with Gasteiger partial charge >= 0.3 is 0 Å². The van der Waals surface area contributed by atoms with E-state index in [1.54, 1.807) is 0 Å². The van der Waals surface area contributed by atoms with E-state index in [0.717, 1.165) is 4.47 Å². The Hall–Kier alpha value is -0.500. The molecule has 0 aromatic heterocycles. The molecule has 1 aromatic rings. The first kappa shape index (κ1) is 11.6. The molecule has 0 spiro atoms. The fourth-order valence-electron chi connectivity index (χ4n) is 1.45. The molecule has 0 aliphatic rings. The van der Waals surface area contributed by atoms with Crippen LogP contribution in [-0.4, -0.2) is 6.04 Å². The zero-order chi connectivity index (χ0) is 10.7. The predicted molar refractivity (Wildman–Crippen MR) is 67.0 cm³/mol. The smallest absolute Gasteiger partial charge is 0.0378 e. The minimum atomic E-state index is 0.480. The molecule has 0 aliphatic heterocycles. The molecule has 0 aliphatic carbocycles. The molecule has 0 saturated carbocycles. The molecular weight excluding hydrogens is 238 g/mol. The summed E-state index contributed by atoms with van der Waals surface area (Å²) in [5, 5.41) is 3.46. The van der Waals surface area contributed by atoms with Crippen molar-refractivity contribution in [3.05, 3.63) is 28.2 Å². The molecule has 1 rings (SSSR count). The maximum Gasteiger partial charge on any atom is 0.0378 e. The molecule has 2 heteroatoms. The van der Waals surface area contributed by atoms with Gasteiger partial charge in [0.25, 0.3) is 0 Å². The third-order valence-corrected chi connectivity index (χ3v) is 2.57. The van der Waals surface area contributed by atoms with E-state index < -0.39 is 0 Å². The van der Waals surface area contributed by atoms with E-state index in [9.17, 15) is 0 Å². The van der Waals surface area contributed by atoms with Gasteiger partial charge < -0.3 is 5.32 Å². The van der Waals surface area contributed by atoms with Gasteiger partial charge in [-0.1, -0.05) is 29.8 Å². The number of rotatable bonds is 3. The lowest BCUT2D eigenvalue weighted by Gasteiger charge is -2.17. The van der Waals surface area contributed by atoms with Gasteiger partial charge in [0.05, 0.1) is 0 Å². The molecule has 0 fully saturated rings. The molecule has 1 nitrogen and oxygen atoms in total. The number of nitrogens with one attached hydrogen (secondary N) is 1. The summed E-state index contributed by atoms with van der Waals surface area (Å²) in [5.41, 5.74) is 2.62. The van der Waals surface area contributed by atoms with E-state index in [-0.39, 0.29) is 0 Å². The van der Waals surface area contributed by atoms with Crippen LogP contribution in [0.4, 0.5) is 5.69 Å². The topological polar surface area (TPSA) is 12.0 Å². The van der Waals surface area contributed by atoms with Crippen LogP contribution in [0, 0.1) is 0 Å². The highest BCUT2D eigenvalue weighted by atomic mass is 79.9. The summed E-state index contributed by atoms with van der Waals surface area (Å²) in [5.74, 6) is 0.550. The van der Waals surface area contributed by atoms with Crippen molar-refractivity contribution >= 4 is 21.6 Å².